The standard InChI is InChI=1S/C28H27N5OS.C2H6/c1-2-16-33-26-21-7-4-3-6-19(21)17-22(26)31-27(33)30-20-12-10-18(11-13-20)14-15-29-28-32-25-23(34)8-5-9-24(25)35-28;1-2/h2-13,22,26,34H,1,14-17H2,(H,29,32)(H,30,31);1-2H3. The molecule has 2 aliphatic rings. The first kappa shape index (κ1) is 24.8. The Hall–Kier alpha value is -3.84. The Bertz CT molecular complexity index is 1410. The topological polar surface area (TPSA) is 72.8 Å². The molecule has 190 valence electrons. The van der Waals surface area contributed by atoms with E-state index in [1.165, 1.54) is 16.7 Å². The van der Waals surface area contributed by atoms with Crippen molar-refractivity contribution in [2.24, 2.45) is 4.99 Å². The number of benzene rings is 3. The molecule has 2 atom stereocenters. The van der Waals surface area contributed by atoms with E-state index in [-0.39, 0.29) is 17.8 Å². The molecule has 2 heterocycles. The van der Waals surface area contributed by atoms with Crippen LogP contribution in [0.25, 0.3) is 10.2 Å². The van der Waals surface area contributed by atoms with Gasteiger partial charge in [0.05, 0.1) is 16.8 Å². The average Bonchev–Trinajstić information content (AvgIpc) is 3.59. The van der Waals surface area contributed by atoms with Gasteiger partial charge in [-0.05, 0) is 53.8 Å². The van der Waals surface area contributed by atoms with E-state index in [9.17, 15) is 5.11 Å². The van der Waals surface area contributed by atoms with Crippen molar-refractivity contribution in [3.8, 4) is 5.75 Å². The first-order valence-electron chi connectivity index (χ1n) is 12.9. The molecule has 0 saturated carbocycles. The van der Waals surface area contributed by atoms with Crippen molar-refractivity contribution in [2.45, 2.75) is 38.8 Å². The molecule has 6 nitrogen and oxygen atoms in total. The molecular weight excluding hydrogens is 478 g/mol. The Morgan fingerprint density at radius 3 is 2.68 bits per heavy atom. The number of anilines is 2. The Balaban J connectivity index is 0.00000137. The van der Waals surface area contributed by atoms with Gasteiger partial charge in [0.2, 0.25) is 0 Å². The zero-order valence-corrected chi connectivity index (χ0v) is 22.1. The van der Waals surface area contributed by atoms with Gasteiger partial charge in [-0.25, -0.2) is 9.98 Å². The third-order valence-corrected chi connectivity index (χ3v) is 7.66. The quantitative estimate of drug-likeness (QED) is 0.243. The number of hydrogen-bond acceptors (Lipinski definition) is 7. The lowest BCUT2D eigenvalue weighted by Gasteiger charge is -2.27. The van der Waals surface area contributed by atoms with Gasteiger partial charge in [0.15, 0.2) is 11.1 Å². The van der Waals surface area contributed by atoms with Crippen molar-refractivity contribution in [3.63, 3.8) is 0 Å². The molecule has 1 aliphatic carbocycles. The highest BCUT2D eigenvalue weighted by Crippen LogP contribution is 2.41. The smallest absolute Gasteiger partial charge is 0.199 e. The lowest BCUT2D eigenvalue weighted by atomic mass is 10.1. The van der Waals surface area contributed by atoms with Crippen LogP contribution in [0, 0.1) is 0 Å². The second-order valence-electron chi connectivity index (χ2n) is 8.95. The fourth-order valence-corrected chi connectivity index (χ4v) is 5.97. The number of fused-ring (bicyclic) bond motifs is 4. The van der Waals surface area contributed by atoms with Gasteiger partial charge in [-0.15, -0.1) is 6.58 Å². The third-order valence-electron chi connectivity index (χ3n) is 6.69. The molecule has 0 fully saturated rings. The summed E-state index contributed by atoms with van der Waals surface area (Å²) in [6, 6.07) is 23.2. The van der Waals surface area contributed by atoms with Gasteiger partial charge >= 0.3 is 0 Å². The molecule has 2 unspecified atom stereocenters. The number of thiazole rings is 1. The van der Waals surface area contributed by atoms with Crippen LogP contribution in [0.1, 0.15) is 36.6 Å². The summed E-state index contributed by atoms with van der Waals surface area (Å²) in [5, 5.41) is 17.7. The summed E-state index contributed by atoms with van der Waals surface area (Å²) in [6.07, 6.45) is 3.82. The number of aromatic hydroxyl groups is 1. The SMILES string of the molecule is C=CCN1C(Nc2ccc(CCNc3nc4c(O)cccc4s3)cc2)=NC2Cc3ccccc3C21.CC. The number of hydrogen-bond donors (Lipinski definition) is 3. The molecule has 0 radical (unpaired) electrons. The molecule has 0 amide bonds. The maximum atomic E-state index is 9.95. The third kappa shape index (κ3) is 5.04. The Morgan fingerprint density at radius 1 is 1.08 bits per heavy atom. The molecule has 1 aromatic heterocycles. The normalized spacial score (nSPS) is 17.5. The molecule has 3 aromatic carbocycles. The van der Waals surface area contributed by atoms with Crippen molar-refractivity contribution in [1.29, 1.82) is 0 Å². The largest absolute Gasteiger partial charge is 0.506 e. The van der Waals surface area contributed by atoms with E-state index in [1.807, 2.05) is 32.1 Å². The first-order valence-corrected chi connectivity index (χ1v) is 13.7. The summed E-state index contributed by atoms with van der Waals surface area (Å²) < 4.78 is 0.982. The maximum absolute atomic E-state index is 9.95. The fourth-order valence-electron chi connectivity index (χ4n) is 5.06. The molecule has 6 rings (SSSR count). The number of nitrogens with one attached hydrogen (secondary N) is 2. The number of phenolic OH excluding ortho intramolecular Hbond substituents is 1. The Labute approximate surface area is 222 Å². The zero-order valence-electron chi connectivity index (χ0n) is 21.3. The van der Waals surface area contributed by atoms with Crippen LogP contribution >= 0.6 is 11.3 Å². The van der Waals surface area contributed by atoms with Gasteiger partial charge in [0, 0.05) is 18.8 Å². The number of aromatic nitrogens is 1. The van der Waals surface area contributed by atoms with Crippen molar-refractivity contribution >= 4 is 38.3 Å². The van der Waals surface area contributed by atoms with Crippen molar-refractivity contribution in [2.75, 3.05) is 23.7 Å². The highest BCUT2D eigenvalue weighted by Gasteiger charge is 2.42. The Morgan fingerprint density at radius 2 is 1.89 bits per heavy atom. The van der Waals surface area contributed by atoms with Crippen LogP contribution in [0.4, 0.5) is 10.8 Å². The number of phenols is 1. The molecule has 0 saturated heterocycles. The number of nitrogens with zero attached hydrogens (tertiary/aromatic N) is 3. The summed E-state index contributed by atoms with van der Waals surface area (Å²) in [7, 11) is 0. The fraction of sp³-hybridized carbons (Fsp3) is 0.267. The van der Waals surface area contributed by atoms with Crippen LogP contribution in [-0.2, 0) is 12.8 Å². The van der Waals surface area contributed by atoms with Crippen molar-refractivity contribution in [1.82, 2.24) is 9.88 Å². The van der Waals surface area contributed by atoms with Gasteiger partial charge in [-0.3, -0.25) is 0 Å². The minimum atomic E-state index is 0.223. The number of rotatable bonds is 7. The summed E-state index contributed by atoms with van der Waals surface area (Å²) in [5.74, 6) is 1.14. The highest BCUT2D eigenvalue weighted by molar-refractivity contribution is 7.22. The first-order chi connectivity index (χ1) is 18.2. The van der Waals surface area contributed by atoms with E-state index in [1.54, 1.807) is 17.4 Å². The van der Waals surface area contributed by atoms with Crippen LogP contribution in [-0.4, -0.2) is 40.1 Å². The number of aliphatic imine (C=N–C) groups is 1. The molecule has 3 N–H and O–H groups in total. The van der Waals surface area contributed by atoms with Gasteiger partial charge in [0.1, 0.15) is 11.3 Å². The van der Waals surface area contributed by atoms with Crippen molar-refractivity contribution in [3.05, 3.63) is 96.1 Å². The maximum Gasteiger partial charge on any atom is 0.199 e. The van der Waals surface area contributed by atoms with Crippen LogP contribution < -0.4 is 10.6 Å². The van der Waals surface area contributed by atoms with Gasteiger partial charge in [0.25, 0.3) is 0 Å². The van der Waals surface area contributed by atoms with E-state index in [2.05, 4.69) is 75.6 Å². The monoisotopic (exact) mass is 511 g/mol. The van der Waals surface area contributed by atoms with E-state index in [0.29, 0.717) is 5.52 Å². The molecule has 0 spiro atoms. The molecule has 37 heavy (non-hydrogen) atoms. The minimum absolute atomic E-state index is 0.223. The summed E-state index contributed by atoms with van der Waals surface area (Å²) in [6.45, 7) is 9.50. The second-order valence-corrected chi connectivity index (χ2v) is 9.98. The lowest BCUT2D eigenvalue weighted by Crippen LogP contribution is -2.35. The molecule has 7 heteroatoms. The minimum Gasteiger partial charge on any atom is -0.506 e. The number of para-hydroxylation sites is 1. The summed E-state index contributed by atoms with van der Waals surface area (Å²) in [5.41, 5.74) is 5.72. The van der Waals surface area contributed by atoms with E-state index in [0.717, 1.165) is 47.4 Å². The van der Waals surface area contributed by atoms with Crippen LogP contribution in [0.3, 0.4) is 0 Å². The lowest BCUT2D eigenvalue weighted by molar-refractivity contribution is 0.351. The van der Waals surface area contributed by atoms with Gasteiger partial charge in [-0.1, -0.05) is 73.7 Å². The molecule has 4 aromatic rings. The van der Waals surface area contributed by atoms with E-state index < -0.39 is 0 Å². The average molecular weight is 512 g/mol. The zero-order chi connectivity index (χ0) is 25.8. The van der Waals surface area contributed by atoms with Gasteiger partial charge < -0.3 is 20.6 Å². The molecule has 0 bridgehead atoms. The van der Waals surface area contributed by atoms with Crippen LogP contribution in [0.15, 0.2) is 84.4 Å². The molecular formula is C30H33N5OS. The van der Waals surface area contributed by atoms with E-state index >= 15 is 0 Å². The predicted molar refractivity (Wildman–Crippen MR) is 156 cm³/mol. The summed E-state index contributed by atoms with van der Waals surface area (Å²) in [4.78, 5) is 11.9. The Kier molecular flexibility index (Phi) is 7.42. The second kappa shape index (κ2) is 11.0. The number of guanidine groups is 1. The predicted octanol–water partition coefficient (Wildman–Crippen LogP) is 6.62. The van der Waals surface area contributed by atoms with Crippen molar-refractivity contribution < 1.29 is 5.11 Å². The highest BCUT2D eigenvalue weighted by atomic mass is 32.1. The van der Waals surface area contributed by atoms with Crippen LogP contribution in [0.5, 0.6) is 5.75 Å². The summed E-state index contributed by atoms with van der Waals surface area (Å²) >= 11 is 1.56. The molecule has 1 aliphatic heterocycles. The van der Waals surface area contributed by atoms with Gasteiger partial charge in [-0.2, -0.15) is 0 Å². The van der Waals surface area contributed by atoms with E-state index in [4.69, 9.17) is 4.99 Å². The van der Waals surface area contributed by atoms with Crippen LogP contribution in [0.2, 0.25) is 0 Å².